The molecule has 33 heavy (non-hydrogen) atoms. The Bertz CT molecular complexity index is 575. The summed E-state index contributed by atoms with van der Waals surface area (Å²) in [5, 5.41) is 20.3. The predicted octanol–water partition coefficient (Wildman–Crippen LogP) is 6.92. The maximum atomic E-state index is 11.1. The average molecular weight is 470 g/mol. The molecule has 6 nitrogen and oxygen atoms in total. The SMILES string of the molecule is CCCCCCCCON1CCC(C(CCCCC(=O)O)CCCC(=O)O)C(C)(C)C1(C)C. The van der Waals surface area contributed by atoms with Crippen LogP contribution in [0.1, 0.15) is 125 Å². The van der Waals surface area contributed by atoms with Gasteiger partial charge in [-0.25, -0.2) is 0 Å². The fourth-order valence-electron chi connectivity index (χ4n) is 5.52. The minimum atomic E-state index is -0.741. The monoisotopic (exact) mass is 469 g/mol. The standard InChI is InChI=1S/C27H51NO5/c1-6-7-8-9-10-13-21-33-28-20-19-23(26(2,3)27(28,4)5)22(16-14-18-25(31)32)15-11-12-17-24(29)30/h22-23H,6-21H2,1-5H3,(H,29,30)(H,31,32). The van der Waals surface area contributed by atoms with Crippen molar-refractivity contribution in [1.82, 2.24) is 5.06 Å². The van der Waals surface area contributed by atoms with E-state index in [2.05, 4.69) is 39.7 Å². The van der Waals surface area contributed by atoms with E-state index in [1.54, 1.807) is 0 Å². The number of carbonyl (C=O) groups is 2. The van der Waals surface area contributed by atoms with E-state index in [0.29, 0.717) is 24.7 Å². The smallest absolute Gasteiger partial charge is 0.303 e. The third kappa shape index (κ3) is 9.94. The van der Waals surface area contributed by atoms with Crippen molar-refractivity contribution in [2.24, 2.45) is 17.3 Å². The highest BCUT2D eigenvalue weighted by Crippen LogP contribution is 2.52. The predicted molar refractivity (Wildman–Crippen MR) is 133 cm³/mol. The van der Waals surface area contributed by atoms with Gasteiger partial charge in [0.15, 0.2) is 0 Å². The Morgan fingerprint density at radius 3 is 2.09 bits per heavy atom. The highest BCUT2D eigenvalue weighted by molar-refractivity contribution is 5.66. The summed E-state index contributed by atoms with van der Waals surface area (Å²) in [6.45, 7) is 13.1. The number of hydrogen-bond donors (Lipinski definition) is 2. The number of hydroxylamine groups is 2. The van der Waals surface area contributed by atoms with Gasteiger partial charge in [0, 0.05) is 24.9 Å². The lowest BCUT2D eigenvalue weighted by Crippen LogP contribution is -2.62. The molecular formula is C27H51NO5. The molecule has 0 aromatic rings. The largest absolute Gasteiger partial charge is 0.481 e. The molecule has 0 spiro atoms. The minimum absolute atomic E-state index is 0.00688. The molecule has 1 heterocycles. The lowest BCUT2D eigenvalue weighted by molar-refractivity contribution is -0.274. The molecule has 2 N–H and O–H groups in total. The summed E-state index contributed by atoms with van der Waals surface area (Å²) in [5.41, 5.74) is -0.142. The maximum absolute atomic E-state index is 11.1. The molecule has 6 heteroatoms. The van der Waals surface area contributed by atoms with Crippen molar-refractivity contribution in [3.05, 3.63) is 0 Å². The summed E-state index contributed by atoms with van der Waals surface area (Å²) in [6, 6.07) is 0. The van der Waals surface area contributed by atoms with Crippen LogP contribution in [0.25, 0.3) is 0 Å². The van der Waals surface area contributed by atoms with E-state index in [0.717, 1.165) is 45.3 Å². The Morgan fingerprint density at radius 1 is 0.879 bits per heavy atom. The van der Waals surface area contributed by atoms with Gasteiger partial charge in [-0.2, -0.15) is 5.06 Å². The molecule has 1 fully saturated rings. The molecule has 1 rings (SSSR count). The molecule has 0 radical (unpaired) electrons. The van der Waals surface area contributed by atoms with Gasteiger partial charge in [-0.3, -0.25) is 14.4 Å². The van der Waals surface area contributed by atoms with Crippen LogP contribution in [-0.2, 0) is 14.4 Å². The van der Waals surface area contributed by atoms with Crippen LogP contribution in [0.2, 0.25) is 0 Å². The zero-order valence-corrected chi connectivity index (χ0v) is 22.0. The molecule has 0 amide bonds. The van der Waals surface area contributed by atoms with Gasteiger partial charge in [0.05, 0.1) is 6.61 Å². The first-order chi connectivity index (χ1) is 15.5. The van der Waals surface area contributed by atoms with E-state index in [1.807, 2.05) is 0 Å². The molecule has 1 saturated heterocycles. The maximum Gasteiger partial charge on any atom is 0.303 e. The lowest BCUT2D eigenvalue weighted by atomic mass is 9.57. The van der Waals surface area contributed by atoms with Crippen LogP contribution in [0.3, 0.4) is 0 Å². The topological polar surface area (TPSA) is 87.1 Å². The van der Waals surface area contributed by atoms with E-state index >= 15 is 0 Å². The molecule has 0 aliphatic carbocycles. The quantitative estimate of drug-likeness (QED) is 0.212. The zero-order chi connectivity index (χ0) is 24.9. The van der Waals surface area contributed by atoms with Crippen LogP contribution in [0.4, 0.5) is 0 Å². The first-order valence-corrected chi connectivity index (χ1v) is 13.4. The van der Waals surface area contributed by atoms with Crippen LogP contribution in [0.5, 0.6) is 0 Å². The number of rotatable bonds is 18. The van der Waals surface area contributed by atoms with E-state index in [4.69, 9.17) is 15.1 Å². The van der Waals surface area contributed by atoms with Gasteiger partial charge in [-0.1, -0.05) is 65.7 Å². The van der Waals surface area contributed by atoms with Crippen molar-refractivity contribution in [3.8, 4) is 0 Å². The summed E-state index contributed by atoms with van der Waals surface area (Å²) in [5.74, 6) is -0.611. The molecular weight excluding hydrogens is 418 g/mol. The number of hydrogen-bond acceptors (Lipinski definition) is 4. The summed E-state index contributed by atoms with van der Waals surface area (Å²) in [7, 11) is 0. The highest BCUT2D eigenvalue weighted by Gasteiger charge is 2.52. The Kier molecular flexibility index (Phi) is 13.6. The number of carboxylic acid groups (broad SMARTS) is 2. The van der Waals surface area contributed by atoms with Gasteiger partial charge in [0.1, 0.15) is 0 Å². The van der Waals surface area contributed by atoms with Crippen molar-refractivity contribution in [2.75, 3.05) is 13.2 Å². The van der Waals surface area contributed by atoms with Crippen molar-refractivity contribution < 1.29 is 24.6 Å². The van der Waals surface area contributed by atoms with E-state index in [-0.39, 0.29) is 23.8 Å². The fraction of sp³-hybridized carbons (Fsp3) is 0.926. The number of nitrogens with zero attached hydrogens (tertiary/aromatic N) is 1. The van der Waals surface area contributed by atoms with Gasteiger partial charge in [0.25, 0.3) is 0 Å². The molecule has 0 aromatic carbocycles. The van der Waals surface area contributed by atoms with E-state index < -0.39 is 11.9 Å². The first kappa shape index (κ1) is 29.9. The second-order valence-electron chi connectivity index (χ2n) is 11.1. The summed E-state index contributed by atoms with van der Waals surface area (Å²) in [6.07, 6.45) is 13.1. The minimum Gasteiger partial charge on any atom is -0.481 e. The van der Waals surface area contributed by atoms with Crippen molar-refractivity contribution in [2.45, 2.75) is 130 Å². The Morgan fingerprint density at radius 2 is 1.45 bits per heavy atom. The number of carboxylic acids is 2. The van der Waals surface area contributed by atoms with Crippen LogP contribution in [-0.4, -0.2) is 45.9 Å². The lowest BCUT2D eigenvalue weighted by Gasteiger charge is -2.58. The van der Waals surface area contributed by atoms with Crippen molar-refractivity contribution >= 4 is 11.9 Å². The van der Waals surface area contributed by atoms with E-state index in [1.165, 1.54) is 32.1 Å². The Labute approximate surface area is 202 Å². The van der Waals surface area contributed by atoms with Gasteiger partial charge < -0.3 is 10.2 Å². The third-order valence-electron chi connectivity index (χ3n) is 8.27. The summed E-state index contributed by atoms with van der Waals surface area (Å²) in [4.78, 5) is 28.3. The average Bonchev–Trinajstić information content (AvgIpc) is 2.72. The van der Waals surface area contributed by atoms with Crippen LogP contribution >= 0.6 is 0 Å². The zero-order valence-electron chi connectivity index (χ0n) is 22.0. The van der Waals surface area contributed by atoms with Crippen molar-refractivity contribution in [1.29, 1.82) is 0 Å². The van der Waals surface area contributed by atoms with E-state index in [9.17, 15) is 9.59 Å². The highest BCUT2D eigenvalue weighted by atomic mass is 16.7. The third-order valence-corrected chi connectivity index (χ3v) is 8.27. The molecule has 0 aromatic heterocycles. The second-order valence-corrected chi connectivity index (χ2v) is 11.1. The normalized spacial score (nSPS) is 21.1. The number of unbranched alkanes of at least 4 members (excludes halogenated alkanes) is 6. The molecule has 1 aliphatic heterocycles. The second kappa shape index (κ2) is 15.0. The van der Waals surface area contributed by atoms with Crippen LogP contribution in [0, 0.1) is 17.3 Å². The van der Waals surface area contributed by atoms with Gasteiger partial charge in [-0.15, -0.1) is 0 Å². The molecule has 0 bridgehead atoms. The molecule has 194 valence electrons. The summed E-state index contributed by atoms with van der Waals surface area (Å²) >= 11 is 0. The van der Waals surface area contributed by atoms with Crippen molar-refractivity contribution in [3.63, 3.8) is 0 Å². The van der Waals surface area contributed by atoms with Gasteiger partial charge >= 0.3 is 11.9 Å². The molecule has 2 atom stereocenters. The fourth-order valence-corrected chi connectivity index (χ4v) is 5.52. The van der Waals surface area contributed by atoms with Gasteiger partial charge in [0.2, 0.25) is 0 Å². The molecule has 1 aliphatic rings. The van der Waals surface area contributed by atoms with Crippen LogP contribution < -0.4 is 0 Å². The van der Waals surface area contributed by atoms with Gasteiger partial charge in [-0.05, 0) is 63.2 Å². The number of aliphatic carboxylic acids is 2. The van der Waals surface area contributed by atoms with Crippen LogP contribution in [0.15, 0.2) is 0 Å². The number of piperidine rings is 1. The molecule has 0 saturated carbocycles. The Balaban J connectivity index is 2.72. The summed E-state index contributed by atoms with van der Waals surface area (Å²) < 4.78 is 0. The Hall–Kier alpha value is -1.14. The molecule has 2 unspecified atom stereocenters. The first-order valence-electron chi connectivity index (χ1n) is 13.4.